The van der Waals surface area contributed by atoms with Crippen molar-refractivity contribution < 1.29 is 17.5 Å². The Kier molecular flexibility index (Phi) is 4.08. The highest BCUT2D eigenvalue weighted by Crippen LogP contribution is 2.31. The van der Waals surface area contributed by atoms with Crippen molar-refractivity contribution in [3.8, 4) is 0 Å². The van der Waals surface area contributed by atoms with Crippen LogP contribution in [0.5, 0.6) is 0 Å². The van der Waals surface area contributed by atoms with Crippen LogP contribution in [0, 0.1) is 5.82 Å². The quantitative estimate of drug-likeness (QED) is 0.871. The van der Waals surface area contributed by atoms with Crippen molar-refractivity contribution in [3.05, 3.63) is 53.2 Å². The number of rotatable bonds is 3. The molecule has 1 fully saturated rings. The van der Waals surface area contributed by atoms with E-state index in [1.807, 2.05) is 0 Å². The van der Waals surface area contributed by atoms with Gasteiger partial charge in [0.2, 0.25) is 0 Å². The van der Waals surface area contributed by atoms with Crippen molar-refractivity contribution in [1.82, 2.24) is 4.31 Å². The van der Waals surface area contributed by atoms with Crippen molar-refractivity contribution in [2.24, 2.45) is 0 Å². The number of morpholine rings is 1. The highest BCUT2D eigenvalue weighted by molar-refractivity contribution is 7.91. The molecule has 7 heteroatoms. The van der Waals surface area contributed by atoms with Crippen LogP contribution in [0.2, 0.25) is 0 Å². The summed E-state index contributed by atoms with van der Waals surface area (Å²) in [6.07, 6.45) is 0. The summed E-state index contributed by atoms with van der Waals surface area (Å²) >= 11 is 1.19. The lowest BCUT2D eigenvalue weighted by Gasteiger charge is -2.34. The number of thiophene rings is 1. The molecule has 0 bridgehead atoms. The van der Waals surface area contributed by atoms with E-state index in [-0.39, 0.29) is 12.4 Å². The lowest BCUT2D eigenvalue weighted by Crippen LogP contribution is -2.43. The number of sulfonamides is 1. The van der Waals surface area contributed by atoms with Crippen LogP contribution in [-0.2, 0) is 14.8 Å². The molecule has 112 valence electrons. The van der Waals surface area contributed by atoms with E-state index in [0.29, 0.717) is 17.4 Å². The molecule has 2 aromatic rings. The Morgan fingerprint density at radius 1 is 1.24 bits per heavy atom. The van der Waals surface area contributed by atoms with Gasteiger partial charge in [0.05, 0.1) is 19.3 Å². The fraction of sp³-hybridized carbons (Fsp3) is 0.286. The zero-order valence-corrected chi connectivity index (χ0v) is 12.7. The molecule has 1 atom stereocenters. The minimum atomic E-state index is -3.55. The van der Waals surface area contributed by atoms with Crippen LogP contribution in [0.25, 0.3) is 0 Å². The molecule has 1 saturated heterocycles. The van der Waals surface area contributed by atoms with Gasteiger partial charge >= 0.3 is 0 Å². The SMILES string of the molecule is O=S(=O)(c1cccs1)N1CCOCC1c1ccc(F)cc1. The summed E-state index contributed by atoms with van der Waals surface area (Å²) in [6.45, 7) is 0.931. The van der Waals surface area contributed by atoms with Crippen LogP contribution in [0.4, 0.5) is 4.39 Å². The Morgan fingerprint density at radius 2 is 2.00 bits per heavy atom. The maximum Gasteiger partial charge on any atom is 0.253 e. The van der Waals surface area contributed by atoms with Gasteiger partial charge < -0.3 is 4.74 Å². The minimum absolute atomic E-state index is 0.274. The zero-order valence-electron chi connectivity index (χ0n) is 11.1. The van der Waals surface area contributed by atoms with E-state index in [2.05, 4.69) is 0 Å². The molecule has 0 amide bonds. The maximum atomic E-state index is 13.0. The molecule has 0 saturated carbocycles. The molecule has 4 nitrogen and oxygen atoms in total. The molecule has 0 radical (unpaired) electrons. The second-order valence-electron chi connectivity index (χ2n) is 4.69. The highest BCUT2D eigenvalue weighted by Gasteiger charge is 2.35. The van der Waals surface area contributed by atoms with Gasteiger partial charge in [0, 0.05) is 6.54 Å². The Bertz CT molecular complexity index is 698. The first kappa shape index (κ1) is 14.6. The minimum Gasteiger partial charge on any atom is -0.378 e. The summed E-state index contributed by atoms with van der Waals surface area (Å²) in [5.41, 5.74) is 0.733. The molecule has 0 spiro atoms. The van der Waals surface area contributed by atoms with Gasteiger partial charge in [0.1, 0.15) is 10.0 Å². The largest absolute Gasteiger partial charge is 0.378 e. The second kappa shape index (κ2) is 5.84. The van der Waals surface area contributed by atoms with Crippen LogP contribution < -0.4 is 0 Å². The smallest absolute Gasteiger partial charge is 0.253 e. The average Bonchev–Trinajstić information content (AvgIpc) is 3.03. The van der Waals surface area contributed by atoms with Gasteiger partial charge in [-0.1, -0.05) is 18.2 Å². The van der Waals surface area contributed by atoms with Crippen molar-refractivity contribution >= 4 is 21.4 Å². The molecule has 1 aliphatic rings. The summed E-state index contributed by atoms with van der Waals surface area (Å²) in [5, 5.41) is 1.74. The monoisotopic (exact) mass is 327 g/mol. The van der Waals surface area contributed by atoms with Gasteiger partial charge in [-0.05, 0) is 29.1 Å². The second-order valence-corrected chi connectivity index (χ2v) is 7.76. The molecule has 1 aromatic carbocycles. The molecule has 1 aromatic heterocycles. The van der Waals surface area contributed by atoms with Crippen LogP contribution in [0.15, 0.2) is 46.0 Å². The summed E-state index contributed by atoms with van der Waals surface area (Å²) < 4.78 is 45.6. The number of halogens is 1. The number of nitrogens with zero attached hydrogens (tertiary/aromatic N) is 1. The number of ether oxygens (including phenoxy) is 1. The predicted molar refractivity (Wildman–Crippen MR) is 78.2 cm³/mol. The fourth-order valence-electron chi connectivity index (χ4n) is 2.35. The Labute approximate surface area is 126 Å². The first-order valence-corrected chi connectivity index (χ1v) is 8.79. The van der Waals surface area contributed by atoms with Crippen molar-refractivity contribution in [2.45, 2.75) is 10.3 Å². The Hall–Kier alpha value is -1.28. The van der Waals surface area contributed by atoms with Crippen molar-refractivity contribution in [1.29, 1.82) is 0 Å². The molecule has 2 heterocycles. The van der Waals surface area contributed by atoms with E-state index in [0.717, 1.165) is 5.56 Å². The van der Waals surface area contributed by atoms with E-state index < -0.39 is 16.1 Å². The van der Waals surface area contributed by atoms with Gasteiger partial charge in [0.25, 0.3) is 10.0 Å². The fourth-order valence-corrected chi connectivity index (χ4v) is 5.05. The lowest BCUT2D eigenvalue weighted by molar-refractivity contribution is 0.0321. The molecule has 0 N–H and O–H groups in total. The van der Waals surface area contributed by atoms with E-state index in [4.69, 9.17) is 4.74 Å². The molecule has 1 unspecified atom stereocenters. The van der Waals surface area contributed by atoms with Crippen molar-refractivity contribution in [2.75, 3.05) is 19.8 Å². The van der Waals surface area contributed by atoms with Crippen LogP contribution in [0.1, 0.15) is 11.6 Å². The topological polar surface area (TPSA) is 46.6 Å². The van der Waals surface area contributed by atoms with Gasteiger partial charge in [-0.2, -0.15) is 4.31 Å². The van der Waals surface area contributed by atoms with Crippen LogP contribution in [-0.4, -0.2) is 32.5 Å². The third kappa shape index (κ3) is 2.87. The predicted octanol–water partition coefficient (Wildman–Crippen LogP) is 2.65. The Balaban J connectivity index is 1.97. The van der Waals surface area contributed by atoms with Crippen LogP contribution in [0.3, 0.4) is 0 Å². The van der Waals surface area contributed by atoms with Gasteiger partial charge in [0.15, 0.2) is 0 Å². The van der Waals surface area contributed by atoms with Gasteiger partial charge in [-0.25, -0.2) is 12.8 Å². The number of hydrogen-bond acceptors (Lipinski definition) is 4. The number of benzene rings is 1. The normalized spacial score (nSPS) is 20.5. The molecule has 21 heavy (non-hydrogen) atoms. The zero-order chi connectivity index (χ0) is 14.9. The molecular formula is C14H14FNO3S2. The summed E-state index contributed by atoms with van der Waals surface area (Å²) in [5.74, 6) is -0.344. The average molecular weight is 327 g/mol. The van der Waals surface area contributed by atoms with E-state index >= 15 is 0 Å². The highest BCUT2D eigenvalue weighted by atomic mass is 32.2. The molecule has 1 aliphatic heterocycles. The lowest BCUT2D eigenvalue weighted by atomic mass is 10.1. The number of hydrogen-bond donors (Lipinski definition) is 0. The van der Waals surface area contributed by atoms with Gasteiger partial charge in [-0.3, -0.25) is 0 Å². The van der Waals surface area contributed by atoms with E-state index in [1.165, 1.54) is 27.8 Å². The van der Waals surface area contributed by atoms with E-state index in [1.54, 1.807) is 29.6 Å². The van der Waals surface area contributed by atoms with Crippen molar-refractivity contribution in [3.63, 3.8) is 0 Å². The summed E-state index contributed by atoms with van der Waals surface area (Å²) in [6, 6.07) is 8.76. The maximum absolute atomic E-state index is 13.0. The summed E-state index contributed by atoms with van der Waals surface area (Å²) in [4.78, 5) is 0. The molecular weight excluding hydrogens is 313 g/mol. The Morgan fingerprint density at radius 3 is 2.67 bits per heavy atom. The summed E-state index contributed by atoms with van der Waals surface area (Å²) in [7, 11) is -3.55. The standard InChI is InChI=1S/C14H14FNO3S2/c15-12-5-3-11(4-6-12)13-10-19-8-7-16(13)21(17,18)14-2-1-9-20-14/h1-6,9,13H,7-8,10H2. The first-order valence-electron chi connectivity index (χ1n) is 6.47. The van der Waals surface area contributed by atoms with Crippen LogP contribution >= 0.6 is 11.3 Å². The van der Waals surface area contributed by atoms with Gasteiger partial charge in [-0.15, -0.1) is 11.3 Å². The molecule has 3 rings (SSSR count). The third-order valence-corrected chi connectivity index (χ3v) is 6.67. The third-order valence-electron chi connectivity index (χ3n) is 3.39. The first-order chi connectivity index (χ1) is 10.1. The van der Waals surface area contributed by atoms with E-state index in [9.17, 15) is 12.8 Å². The molecule has 0 aliphatic carbocycles.